The summed E-state index contributed by atoms with van der Waals surface area (Å²) >= 11 is 1.24. The Morgan fingerprint density at radius 1 is 1.22 bits per heavy atom. The molecule has 1 aliphatic heterocycles. The molecule has 1 N–H and O–H groups in total. The van der Waals surface area contributed by atoms with Gasteiger partial charge >= 0.3 is 0 Å². The number of nitrogens with one attached hydrogen (secondary N) is 1. The van der Waals surface area contributed by atoms with Crippen LogP contribution in [0.25, 0.3) is 0 Å². The average molecular weight is 350 g/mol. The van der Waals surface area contributed by atoms with Crippen molar-refractivity contribution in [2.75, 3.05) is 11.3 Å². The Morgan fingerprint density at radius 3 is 2.65 bits per heavy atom. The van der Waals surface area contributed by atoms with E-state index in [4.69, 9.17) is 0 Å². The summed E-state index contributed by atoms with van der Waals surface area (Å²) in [7, 11) is -3.56. The van der Waals surface area contributed by atoms with E-state index in [1.54, 1.807) is 30.0 Å². The number of rotatable bonds is 3. The third kappa shape index (κ3) is 3.40. The number of sulfonamides is 1. The fourth-order valence-corrected chi connectivity index (χ4v) is 4.98. The van der Waals surface area contributed by atoms with Crippen molar-refractivity contribution < 1.29 is 13.2 Å². The van der Waals surface area contributed by atoms with Crippen LogP contribution in [0.5, 0.6) is 0 Å². The first-order valence-corrected chi connectivity index (χ1v) is 9.62. The lowest BCUT2D eigenvalue weighted by Gasteiger charge is -2.28. The normalized spacial score (nSPS) is 14.4. The molecule has 0 atom stereocenters. The van der Waals surface area contributed by atoms with Gasteiger partial charge in [0.25, 0.3) is 10.0 Å². The van der Waals surface area contributed by atoms with E-state index >= 15 is 0 Å². The number of aryl methyl sites for hydroxylation is 1. The molecule has 0 fully saturated rings. The van der Waals surface area contributed by atoms with Crippen LogP contribution in [0.2, 0.25) is 0 Å². The fourth-order valence-electron chi connectivity index (χ4n) is 2.65. The fraction of sp³-hybridized carbons (Fsp3) is 0.312. The van der Waals surface area contributed by atoms with Crippen molar-refractivity contribution in [3.63, 3.8) is 0 Å². The van der Waals surface area contributed by atoms with Crippen molar-refractivity contribution in [2.45, 2.75) is 31.0 Å². The Bertz CT molecular complexity index is 856. The van der Waals surface area contributed by atoms with Crippen LogP contribution in [-0.4, -0.2) is 25.8 Å². The summed E-state index contributed by atoms with van der Waals surface area (Å²) in [5.74, 6) is 0.0377. The number of fused-ring (bicyclic) bond motifs is 1. The molecule has 0 spiro atoms. The van der Waals surface area contributed by atoms with Crippen LogP contribution in [0.15, 0.2) is 34.5 Å². The van der Waals surface area contributed by atoms with E-state index in [1.807, 2.05) is 19.1 Å². The molecular formula is C16H18N2O3S2. The third-order valence-electron chi connectivity index (χ3n) is 3.90. The summed E-state index contributed by atoms with van der Waals surface area (Å²) in [4.78, 5) is 14.2. The molecular weight excluding hydrogens is 332 g/mol. The molecule has 0 saturated carbocycles. The Kier molecular flexibility index (Phi) is 4.16. The van der Waals surface area contributed by atoms with Crippen LogP contribution in [0.1, 0.15) is 22.9 Å². The van der Waals surface area contributed by atoms with E-state index < -0.39 is 10.0 Å². The maximum absolute atomic E-state index is 12.4. The zero-order chi connectivity index (χ0) is 16.6. The van der Waals surface area contributed by atoms with E-state index in [-0.39, 0.29) is 5.91 Å². The standard InChI is InChI=1S/C16H18N2O3S2/c1-11-3-6-16(22-11)23(20,21)17-15-5-4-13-7-8-18(12(2)19)10-14(13)9-15/h3-6,9,17H,7-8,10H2,1-2H3. The van der Waals surface area contributed by atoms with Crippen LogP contribution < -0.4 is 4.72 Å². The van der Waals surface area contributed by atoms with Crippen molar-refractivity contribution in [1.82, 2.24) is 4.90 Å². The molecule has 0 radical (unpaired) electrons. The van der Waals surface area contributed by atoms with Gasteiger partial charge in [-0.2, -0.15) is 0 Å². The van der Waals surface area contributed by atoms with Gasteiger partial charge in [-0.05, 0) is 48.7 Å². The number of amides is 1. The Labute approximate surface area is 140 Å². The second-order valence-corrected chi connectivity index (χ2v) is 8.84. The number of carbonyl (C=O) groups is 1. The van der Waals surface area contributed by atoms with Gasteiger partial charge in [-0.25, -0.2) is 8.42 Å². The molecule has 0 saturated heterocycles. The highest BCUT2D eigenvalue weighted by molar-refractivity contribution is 7.94. The monoisotopic (exact) mass is 350 g/mol. The van der Waals surface area contributed by atoms with Crippen molar-refractivity contribution in [2.24, 2.45) is 0 Å². The number of carbonyl (C=O) groups excluding carboxylic acids is 1. The van der Waals surface area contributed by atoms with Gasteiger partial charge in [0.2, 0.25) is 5.91 Å². The molecule has 23 heavy (non-hydrogen) atoms. The molecule has 1 aromatic carbocycles. The Balaban J connectivity index is 1.85. The first-order chi connectivity index (χ1) is 10.8. The van der Waals surface area contributed by atoms with Crippen LogP contribution in [0.3, 0.4) is 0 Å². The number of anilines is 1. The number of benzene rings is 1. The highest BCUT2D eigenvalue weighted by atomic mass is 32.2. The second-order valence-electron chi connectivity index (χ2n) is 5.64. The lowest BCUT2D eigenvalue weighted by molar-refractivity contribution is -0.129. The highest BCUT2D eigenvalue weighted by Crippen LogP contribution is 2.26. The van der Waals surface area contributed by atoms with Crippen molar-refractivity contribution in [1.29, 1.82) is 0 Å². The number of hydrogen-bond acceptors (Lipinski definition) is 4. The molecule has 2 aromatic rings. The molecule has 7 heteroatoms. The summed E-state index contributed by atoms with van der Waals surface area (Å²) in [5, 5.41) is 0. The summed E-state index contributed by atoms with van der Waals surface area (Å²) < 4.78 is 27.7. The van der Waals surface area contributed by atoms with Gasteiger partial charge in [0, 0.05) is 30.6 Å². The lowest BCUT2D eigenvalue weighted by Crippen LogP contribution is -2.34. The zero-order valence-electron chi connectivity index (χ0n) is 13.0. The number of hydrogen-bond donors (Lipinski definition) is 1. The van der Waals surface area contributed by atoms with Gasteiger partial charge in [0.1, 0.15) is 4.21 Å². The average Bonchev–Trinajstić information content (AvgIpc) is 2.93. The molecule has 5 nitrogen and oxygen atoms in total. The summed E-state index contributed by atoms with van der Waals surface area (Å²) in [6, 6.07) is 8.93. The molecule has 1 aliphatic rings. The molecule has 3 rings (SSSR count). The highest BCUT2D eigenvalue weighted by Gasteiger charge is 2.20. The zero-order valence-corrected chi connectivity index (χ0v) is 14.6. The van der Waals surface area contributed by atoms with E-state index in [0.29, 0.717) is 23.0 Å². The van der Waals surface area contributed by atoms with Gasteiger partial charge in [0.15, 0.2) is 0 Å². The van der Waals surface area contributed by atoms with Gasteiger partial charge in [-0.15, -0.1) is 11.3 Å². The van der Waals surface area contributed by atoms with Crippen LogP contribution in [0.4, 0.5) is 5.69 Å². The molecule has 0 aliphatic carbocycles. The third-order valence-corrected chi connectivity index (χ3v) is 6.77. The minimum Gasteiger partial charge on any atom is -0.338 e. The Morgan fingerprint density at radius 2 is 2.00 bits per heavy atom. The van der Waals surface area contributed by atoms with Gasteiger partial charge in [0.05, 0.1) is 0 Å². The number of thiophene rings is 1. The van der Waals surface area contributed by atoms with E-state index in [9.17, 15) is 13.2 Å². The van der Waals surface area contributed by atoms with Gasteiger partial charge < -0.3 is 4.90 Å². The van der Waals surface area contributed by atoms with E-state index in [0.717, 1.165) is 22.4 Å². The minimum absolute atomic E-state index is 0.0377. The van der Waals surface area contributed by atoms with Gasteiger partial charge in [-0.1, -0.05) is 6.07 Å². The topological polar surface area (TPSA) is 66.5 Å². The SMILES string of the molecule is CC(=O)N1CCc2ccc(NS(=O)(=O)c3ccc(C)s3)cc2C1. The largest absolute Gasteiger partial charge is 0.338 e. The predicted molar refractivity (Wildman–Crippen MR) is 91.1 cm³/mol. The van der Waals surface area contributed by atoms with Crippen LogP contribution >= 0.6 is 11.3 Å². The molecule has 1 aromatic heterocycles. The maximum Gasteiger partial charge on any atom is 0.271 e. The maximum atomic E-state index is 12.4. The minimum atomic E-state index is -3.56. The predicted octanol–water partition coefficient (Wildman–Crippen LogP) is 2.76. The van der Waals surface area contributed by atoms with E-state index in [1.165, 1.54) is 11.3 Å². The van der Waals surface area contributed by atoms with Gasteiger partial charge in [-0.3, -0.25) is 9.52 Å². The summed E-state index contributed by atoms with van der Waals surface area (Å²) in [6.45, 7) is 4.66. The van der Waals surface area contributed by atoms with Crippen LogP contribution in [-0.2, 0) is 27.8 Å². The van der Waals surface area contributed by atoms with Crippen LogP contribution in [0, 0.1) is 6.92 Å². The molecule has 0 bridgehead atoms. The lowest BCUT2D eigenvalue weighted by atomic mass is 9.99. The molecule has 2 heterocycles. The summed E-state index contributed by atoms with van der Waals surface area (Å²) in [5.41, 5.74) is 2.69. The van der Waals surface area contributed by atoms with E-state index in [2.05, 4.69) is 4.72 Å². The first-order valence-electron chi connectivity index (χ1n) is 7.32. The molecule has 1 amide bonds. The smallest absolute Gasteiger partial charge is 0.271 e. The summed E-state index contributed by atoms with van der Waals surface area (Å²) in [6.07, 6.45) is 0.798. The quantitative estimate of drug-likeness (QED) is 0.926. The first kappa shape index (κ1) is 16.0. The molecule has 0 unspecified atom stereocenters. The van der Waals surface area contributed by atoms with Crippen molar-refractivity contribution in [3.05, 3.63) is 46.3 Å². The Hall–Kier alpha value is -1.86. The second kappa shape index (κ2) is 5.98. The van der Waals surface area contributed by atoms with Crippen molar-refractivity contribution >= 4 is 33.0 Å². The van der Waals surface area contributed by atoms with Crippen molar-refractivity contribution in [3.8, 4) is 0 Å². The molecule has 122 valence electrons. The number of nitrogens with zero attached hydrogens (tertiary/aromatic N) is 1.